The van der Waals surface area contributed by atoms with Gasteiger partial charge in [0.25, 0.3) is 0 Å². The van der Waals surface area contributed by atoms with E-state index >= 15 is 0 Å². The Labute approximate surface area is 184 Å². The third-order valence-corrected chi connectivity index (χ3v) is 5.51. The predicted molar refractivity (Wildman–Crippen MR) is 120 cm³/mol. The molecule has 0 radical (unpaired) electrons. The molecule has 0 amide bonds. The standard InChI is InChI=1S/C25H21BrO4/c1-15-4-5-16(2)18(10-15)14-29-20-7-8-21-23(13-20)30-24(25(21)27)12-17-11-19(26)6-9-22(17)28-3/h4-13H,14H2,1-3H3/b24-12-. The second-order valence-electron chi connectivity index (χ2n) is 7.20. The van der Waals surface area contributed by atoms with Crippen molar-refractivity contribution in [2.75, 3.05) is 7.11 Å². The van der Waals surface area contributed by atoms with Crippen molar-refractivity contribution in [1.29, 1.82) is 0 Å². The lowest BCUT2D eigenvalue weighted by atomic mass is 10.1. The summed E-state index contributed by atoms with van der Waals surface area (Å²) in [6.07, 6.45) is 1.70. The molecule has 1 aliphatic rings. The van der Waals surface area contributed by atoms with E-state index in [1.54, 1.807) is 31.4 Å². The normalized spacial score (nSPS) is 13.9. The van der Waals surface area contributed by atoms with Crippen molar-refractivity contribution >= 4 is 27.8 Å². The predicted octanol–water partition coefficient (Wildman–Crippen LogP) is 6.27. The molecule has 0 spiro atoms. The molecule has 3 aromatic carbocycles. The molecule has 3 aromatic rings. The number of benzene rings is 3. The molecule has 0 saturated carbocycles. The third-order valence-electron chi connectivity index (χ3n) is 5.02. The minimum Gasteiger partial charge on any atom is -0.496 e. The van der Waals surface area contributed by atoms with Crippen LogP contribution < -0.4 is 14.2 Å². The molecule has 5 heteroatoms. The average molecular weight is 465 g/mol. The number of methoxy groups -OCH3 is 1. The molecule has 0 unspecified atom stereocenters. The molecular formula is C25H21BrO4. The highest BCUT2D eigenvalue weighted by Crippen LogP contribution is 2.36. The van der Waals surface area contributed by atoms with Crippen LogP contribution in [0.5, 0.6) is 17.2 Å². The maximum Gasteiger partial charge on any atom is 0.231 e. The zero-order chi connectivity index (χ0) is 21.3. The molecule has 152 valence electrons. The van der Waals surface area contributed by atoms with Gasteiger partial charge in [0, 0.05) is 16.1 Å². The number of aryl methyl sites for hydroxylation is 2. The Morgan fingerprint density at radius 1 is 1.03 bits per heavy atom. The van der Waals surface area contributed by atoms with Crippen LogP contribution in [0.3, 0.4) is 0 Å². The van der Waals surface area contributed by atoms with Crippen molar-refractivity contribution in [2.45, 2.75) is 20.5 Å². The number of ketones is 1. The summed E-state index contributed by atoms with van der Waals surface area (Å²) >= 11 is 3.45. The Morgan fingerprint density at radius 3 is 2.67 bits per heavy atom. The summed E-state index contributed by atoms with van der Waals surface area (Å²) < 4.78 is 18.1. The van der Waals surface area contributed by atoms with Gasteiger partial charge in [0.2, 0.25) is 5.78 Å². The molecule has 4 rings (SSSR count). The quantitative estimate of drug-likeness (QED) is 0.417. The number of fused-ring (bicyclic) bond motifs is 1. The largest absolute Gasteiger partial charge is 0.496 e. The number of rotatable bonds is 5. The highest BCUT2D eigenvalue weighted by Gasteiger charge is 2.28. The second kappa shape index (κ2) is 8.36. The summed E-state index contributed by atoms with van der Waals surface area (Å²) in [5.74, 6) is 1.92. The molecule has 30 heavy (non-hydrogen) atoms. The zero-order valence-corrected chi connectivity index (χ0v) is 18.6. The highest BCUT2D eigenvalue weighted by atomic mass is 79.9. The van der Waals surface area contributed by atoms with Crippen LogP contribution in [-0.2, 0) is 6.61 Å². The minimum atomic E-state index is -0.159. The first kappa shape index (κ1) is 20.2. The van der Waals surface area contributed by atoms with Crippen LogP contribution in [0.4, 0.5) is 0 Å². The average Bonchev–Trinajstić information content (AvgIpc) is 3.03. The Kier molecular flexibility index (Phi) is 5.64. The fourth-order valence-corrected chi connectivity index (χ4v) is 3.71. The summed E-state index contributed by atoms with van der Waals surface area (Å²) in [4.78, 5) is 12.8. The van der Waals surface area contributed by atoms with E-state index < -0.39 is 0 Å². The van der Waals surface area contributed by atoms with Crippen LogP contribution in [0, 0.1) is 13.8 Å². The number of carbonyl (C=O) groups excluding carboxylic acids is 1. The Morgan fingerprint density at radius 2 is 1.87 bits per heavy atom. The number of ether oxygens (including phenoxy) is 3. The van der Waals surface area contributed by atoms with E-state index in [1.807, 2.05) is 18.2 Å². The molecular weight excluding hydrogens is 444 g/mol. The number of halogens is 1. The third kappa shape index (κ3) is 4.12. The van der Waals surface area contributed by atoms with Crippen LogP contribution >= 0.6 is 15.9 Å². The molecule has 4 nitrogen and oxygen atoms in total. The van der Waals surface area contributed by atoms with E-state index in [4.69, 9.17) is 14.2 Å². The molecule has 0 atom stereocenters. The lowest BCUT2D eigenvalue weighted by Gasteiger charge is -2.10. The minimum absolute atomic E-state index is 0.159. The molecule has 1 heterocycles. The SMILES string of the molecule is COc1ccc(Br)cc1/C=C1\Oc2cc(OCc3cc(C)ccc3C)ccc2C1=O. The first-order valence-corrected chi connectivity index (χ1v) is 10.3. The van der Waals surface area contributed by atoms with Gasteiger partial charge >= 0.3 is 0 Å². The van der Waals surface area contributed by atoms with Crippen LogP contribution in [0.2, 0.25) is 0 Å². The summed E-state index contributed by atoms with van der Waals surface area (Å²) in [7, 11) is 1.59. The number of hydrogen-bond donors (Lipinski definition) is 0. The topological polar surface area (TPSA) is 44.8 Å². The van der Waals surface area contributed by atoms with Crippen LogP contribution in [0.25, 0.3) is 6.08 Å². The number of carbonyl (C=O) groups is 1. The maximum atomic E-state index is 12.8. The smallest absolute Gasteiger partial charge is 0.231 e. The Hall–Kier alpha value is -3.05. The van der Waals surface area contributed by atoms with Gasteiger partial charge in [0.05, 0.1) is 12.7 Å². The monoisotopic (exact) mass is 464 g/mol. The van der Waals surface area contributed by atoms with Crippen molar-refractivity contribution in [3.8, 4) is 17.2 Å². The van der Waals surface area contributed by atoms with Crippen LogP contribution in [-0.4, -0.2) is 12.9 Å². The summed E-state index contributed by atoms with van der Waals surface area (Å²) in [5, 5.41) is 0. The van der Waals surface area contributed by atoms with E-state index in [9.17, 15) is 4.79 Å². The summed E-state index contributed by atoms with van der Waals surface area (Å²) in [6.45, 7) is 4.58. The molecule has 0 N–H and O–H groups in total. The molecule has 0 fully saturated rings. The summed E-state index contributed by atoms with van der Waals surface area (Å²) in [6, 6.07) is 17.2. The van der Waals surface area contributed by atoms with E-state index in [-0.39, 0.29) is 11.5 Å². The van der Waals surface area contributed by atoms with Gasteiger partial charge in [-0.3, -0.25) is 4.79 Å². The Balaban J connectivity index is 1.55. The first-order chi connectivity index (χ1) is 14.4. The highest BCUT2D eigenvalue weighted by molar-refractivity contribution is 9.10. The maximum absolute atomic E-state index is 12.8. The lowest BCUT2D eigenvalue weighted by molar-refractivity contribution is 0.101. The van der Waals surface area contributed by atoms with Crippen LogP contribution in [0.1, 0.15) is 32.6 Å². The van der Waals surface area contributed by atoms with Gasteiger partial charge in [-0.05, 0) is 61.4 Å². The first-order valence-electron chi connectivity index (χ1n) is 9.55. The van der Waals surface area contributed by atoms with E-state index in [0.717, 1.165) is 15.6 Å². The van der Waals surface area contributed by atoms with Crippen molar-refractivity contribution < 1.29 is 19.0 Å². The van der Waals surface area contributed by atoms with Gasteiger partial charge in [0.15, 0.2) is 5.76 Å². The Bertz CT molecular complexity index is 1160. The van der Waals surface area contributed by atoms with Gasteiger partial charge in [-0.2, -0.15) is 0 Å². The fraction of sp³-hybridized carbons (Fsp3) is 0.160. The van der Waals surface area contributed by atoms with E-state index in [1.165, 1.54) is 11.1 Å². The van der Waals surface area contributed by atoms with Gasteiger partial charge in [-0.15, -0.1) is 0 Å². The zero-order valence-electron chi connectivity index (χ0n) is 17.0. The number of Topliss-reactive ketones (excluding diaryl/α,β-unsaturated/α-hetero) is 1. The second-order valence-corrected chi connectivity index (χ2v) is 8.12. The van der Waals surface area contributed by atoms with Crippen molar-refractivity contribution in [3.63, 3.8) is 0 Å². The van der Waals surface area contributed by atoms with Gasteiger partial charge in [0.1, 0.15) is 23.9 Å². The summed E-state index contributed by atoms with van der Waals surface area (Å²) in [5.41, 5.74) is 4.79. The van der Waals surface area contributed by atoms with Gasteiger partial charge in [-0.25, -0.2) is 0 Å². The molecule has 0 aromatic heterocycles. The van der Waals surface area contributed by atoms with Crippen molar-refractivity contribution in [2.24, 2.45) is 0 Å². The number of allylic oxidation sites excluding steroid dienone is 1. The fourth-order valence-electron chi connectivity index (χ4n) is 3.33. The van der Waals surface area contributed by atoms with Crippen LogP contribution in [0.15, 0.2) is 64.8 Å². The van der Waals surface area contributed by atoms with Gasteiger partial charge in [-0.1, -0.05) is 39.7 Å². The van der Waals surface area contributed by atoms with E-state index in [0.29, 0.717) is 29.4 Å². The lowest BCUT2D eigenvalue weighted by Crippen LogP contribution is -1.99. The van der Waals surface area contributed by atoms with Gasteiger partial charge < -0.3 is 14.2 Å². The van der Waals surface area contributed by atoms with E-state index in [2.05, 4.69) is 48.0 Å². The molecule has 0 bridgehead atoms. The molecule has 1 aliphatic heterocycles. The molecule has 0 saturated heterocycles. The van der Waals surface area contributed by atoms with Crippen molar-refractivity contribution in [3.05, 3.63) is 92.6 Å². The van der Waals surface area contributed by atoms with Crippen molar-refractivity contribution in [1.82, 2.24) is 0 Å². The number of hydrogen-bond acceptors (Lipinski definition) is 4. The molecule has 0 aliphatic carbocycles.